The van der Waals surface area contributed by atoms with E-state index in [1.54, 1.807) is 0 Å². The summed E-state index contributed by atoms with van der Waals surface area (Å²) in [4.78, 5) is 7.16. The molecule has 1 aromatic heterocycles. The Hall–Kier alpha value is -0.930. The van der Waals surface area contributed by atoms with Crippen LogP contribution in [0, 0.1) is 0 Å². The minimum atomic E-state index is 0.354. The zero-order valence-corrected chi connectivity index (χ0v) is 12.6. The van der Waals surface area contributed by atoms with Crippen molar-refractivity contribution in [1.29, 1.82) is 0 Å². The quantitative estimate of drug-likeness (QED) is 0.815. The molecule has 106 valence electrons. The van der Waals surface area contributed by atoms with Crippen LogP contribution >= 0.6 is 0 Å². The smallest absolute Gasteiger partial charge is 0.0611 e. The van der Waals surface area contributed by atoms with Gasteiger partial charge >= 0.3 is 0 Å². The molecule has 0 spiro atoms. The first-order chi connectivity index (χ1) is 9.13. The van der Waals surface area contributed by atoms with Crippen molar-refractivity contribution < 1.29 is 4.74 Å². The van der Waals surface area contributed by atoms with Crippen LogP contribution in [0.5, 0.6) is 0 Å². The van der Waals surface area contributed by atoms with Gasteiger partial charge in [-0.3, -0.25) is 4.98 Å². The molecule has 0 aromatic carbocycles. The Morgan fingerprint density at radius 2 is 2.21 bits per heavy atom. The van der Waals surface area contributed by atoms with E-state index in [2.05, 4.69) is 45.0 Å². The summed E-state index contributed by atoms with van der Waals surface area (Å²) in [6.45, 7) is 6.17. The van der Waals surface area contributed by atoms with E-state index < -0.39 is 0 Å². The SMILES string of the molecule is CCCc1ccc([C@H]2CCOC2)c([C@@H](C)N(C)C)n1. The molecule has 1 aliphatic rings. The summed E-state index contributed by atoms with van der Waals surface area (Å²) in [6.07, 6.45) is 3.34. The molecule has 2 heterocycles. The molecule has 0 bridgehead atoms. The zero-order valence-electron chi connectivity index (χ0n) is 12.6. The van der Waals surface area contributed by atoms with Crippen LogP contribution < -0.4 is 0 Å². The molecular formula is C16H26N2O. The van der Waals surface area contributed by atoms with Gasteiger partial charge in [0.2, 0.25) is 0 Å². The summed E-state index contributed by atoms with van der Waals surface area (Å²) in [5.74, 6) is 0.528. The number of hydrogen-bond acceptors (Lipinski definition) is 3. The Kier molecular flexibility index (Phi) is 4.94. The molecule has 0 unspecified atom stereocenters. The molecule has 1 fully saturated rings. The highest BCUT2D eigenvalue weighted by Gasteiger charge is 2.24. The fourth-order valence-corrected chi connectivity index (χ4v) is 2.63. The number of ether oxygens (including phenoxy) is 1. The van der Waals surface area contributed by atoms with E-state index in [1.807, 2.05) is 0 Å². The predicted octanol–water partition coefficient (Wildman–Crippen LogP) is 3.16. The van der Waals surface area contributed by atoms with Crippen molar-refractivity contribution in [3.05, 3.63) is 29.1 Å². The number of pyridine rings is 1. The normalized spacial score (nSPS) is 21.0. The Morgan fingerprint density at radius 3 is 2.79 bits per heavy atom. The minimum absolute atomic E-state index is 0.354. The Labute approximate surface area is 117 Å². The third kappa shape index (κ3) is 3.34. The summed E-state index contributed by atoms with van der Waals surface area (Å²) in [7, 11) is 4.24. The van der Waals surface area contributed by atoms with Crippen molar-refractivity contribution >= 4 is 0 Å². The van der Waals surface area contributed by atoms with Gasteiger partial charge in [0.1, 0.15) is 0 Å². The van der Waals surface area contributed by atoms with E-state index in [0.717, 1.165) is 32.5 Å². The fraction of sp³-hybridized carbons (Fsp3) is 0.688. The van der Waals surface area contributed by atoms with Gasteiger partial charge in [-0.1, -0.05) is 19.4 Å². The second-order valence-electron chi connectivity index (χ2n) is 5.73. The Bertz CT molecular complexity index is 411. The second kappa shape index (κ2) is 6.49. The number of hydrogen-bond donors (Lipinski definition) is 0. The molecular weight excluding hydrogens is 236 g/mol. The molecule has 0 radical (unpaired) electrons. The van der Waals surface area contributed by atoms with Crippen molar-refractivity contribution in [2.75, 3.05) is 27.3 Å². The number of rotatable bonds is 5. The maximum absolute atomic E-state index is 5.54. The monoisotopic (exact) mass is 262 g/mol. The standard InChI is InChI=1S/C16H26N2O/c1-5-6-14-7-8-15(13-9-10-19-11-13)16(17-14)12(2)18(3)4/h7-8,12-13H,5-6,9-11H2,1-4H3/t12-,13+/m1/s1. The number of aryl methyl sites for hydroxylation is 1. The molecule has 3 nitrogen and oxygen atoms in total. The summed E-state index contributed by atoms with van der Waals surface area (Å²) >= 11 is 0. The summed E-state index contributed by atoms with van der Waals surface area (Å²) in [5, 5.41) is 0. The van der Waals surface area contributed by atoms with Crippen LogP contribution in [0.4, 0.5) is 0 Å². The number of aromatic nitrogens is 1. The maximum Gasteiger partial charge on any atom is 0.0611 e. The first-order valence-electron chi connectivity index (χ1n) is 7.37. The van der Waals surface area contributed by atoms with Crippen LogP contribution in [-0.2, 0) is 11.2 Å². The molecule has 3 heteroatoms. The van der Waals surface area contributed by atoms with Crippen molar-refractivity contribution in [2.45, 2.75) is 45.1 Å². The van der Waals surface area contributed by atoms with Crippen molar-refractivity contribution in [3.63, 3.8) is 0 Å². The van der Waals surface area contributed by atoms with Gasteiger partial charge < -0.3 is 9.64 Å². The molecule has 1 saturated heterocycles. The molecule has 2 atom stereocenters. The van der Waals surface area contributed by atoms with E-state index in [-0.39, 0.29) is 0 Å². The summed E-state index contributed by atoms with van der Waals surface area (Å²) in [5.41, 5.74) is 3.85. The van der Waals surface area contributed by atoms with Gasteiger partial charge in [0.05, 0.1) is 12.3 Å². The Balaban J connectivity index is 2.34. The van der Waals surface area contributed by atoms with Gasteiger partial charge in [-0.25, -0.2) is 0 Å². The van der Waals surface area contributed by atoms with Crippen molar-refractivity contribution in [3.8, 4) is 0 Å². The molecule has 2 rings (SSSR count). The van der Waals surface area contributed by atoms with Crippen LogP contribution in [-0.4, -0.2) is 37.2 Å². The third-order valence-corrected chi connectivity index (χ3v) is 4.06. The van der Waals surface area contributed by atoms with E-state index in [9.17, 15) is 0 Å². The van der Waals surface area contributed by atoms with Gasteiger partial charge in [0.25, 0.3) is 0 Å². The largest absolute Gasteiger partial charge is 0.381 e. The molecule has 0 aliphatic carbocycles. The Morgan fingerprint density at radius 1 is 1.42 bits per heavy atom. The van der Waals surface area contributed by atoms with E-state index >= 15 is 0 Å². The van der Waals surface area contributed by atoms with E-state index in [4.69, 9.17) is 9.72 Å². The van der Waals surface area contributed by atoms with Gasteiger partial charge in [0.15, 0.2) is 0 Å². The van der Waals surface area contributed by atoms with Crippen molar-refractivity contribution in [1.82, 2.24) is 9.88 Å². The molecule has 0 saturated carbocycles. The topological polar surface area (TPSA) is 25.4 Å². The lowest BCUT2D eigenvalue weighted by Gasteiger charge is -2.24. The third-order valence-electron chi connectivity index (χ3n) is 4.06. The van der Waals surface area contributed by atoms with Gasteiger partial charge in [0, 0.05) is 24.3 Å². The lowest BCUT2D eigenvalue weighted by atomic mass is 9.93. The van der Waals surface area contributed by atoms with Crippen molar-refractivity contribution in [2.24, 2.45) is 0 Å². The van der Waals surface area contributed by atoms with Crippen LogP contribution in [0.2, 0.25) is 0 Å². The molecule has 19 heavy (non-hydrogen) atoms. The lowest BCUT2D eigenvalue weighted by Crippen LogP contribution is -2.21. The minimum Gasteiger partial charge on any atom is -0.381 e. The average molecular weight is 262 g/mol. The highest BCUT2D eigenvalue weighted by molar-refractivity contribution is 5.30. The van der Waals surface area contributed by atoms with Crippen LogP contribution in [0.3, 0.4) is 0 Å². The first kappa shape index (κ1) is 14.5. The van der Waals surface area contributed by atoms with Gasteiger partial charge in [-0.15, -0.1) is 0 Å². The lowest BCUT2D eigenvalue weighted by molar-refractivity contribution is 0.193. The van der Waals surface area contributed by atoms with E-state index in [1.165, 1.54) is 17.0 Å². The average Bonchev–Trinajstić information content (AvgIpc) is 2.92. The van der Waals surface area contributed by atoms with Crippen LogP contribution in [0.25, 0.3) is 0 Å². The van der Waals surface area contributed by atoms with Gasteiger partial charge in [-0.2, -0.15) is 0 Å². The second-order valence-corrected chi connectivity index (χ2v) is 5.73. The maximum atomic E-state index is 5.54. The fourth-order valence-electron chi connectivity index (χ4n) is 2.63. The summed E-state index contributed by atoms with van der Waals surface area (Å²) in [6, 6.07) is 4.84. The highest BCUT2D eigenvalue weighted by Crippen LogP contribution is 2.31. The predicted molar refractivity (Wildman–Crippen MR) is 78.5 cm³/mol. The molecule has 0 N–H and O–H groups in total. The molecule has 1 aromatic rings. The summed E-state index contributed by atoms with van der Waals surface area (Å²) < 4.78 is 5.54. The number of nitrogens with zero attached hydrogens (tertiary/aromatic N) is 2. The van der Waals surface area contributed by atoms with Crippen LogP contribution in [0.15, 0.2) is 12.1 Å². The van der Waals surface area contributed by atoms with Gasteiger partial charge in [-0.05, 0) is 45.5 Å². The van der Waals surface area contributed by atoms with E-state index in [0.29, 0.717) is 12.0 Å². The first-order valence-corrected chi connectivity index (χ1v) is 7.37. The molecule has 0 amide bonds. The highest BCUT2D eigenvalue weighted by atomic mass is 16.5. The van der Waals surface area contributed by atoms with Crippen LogP contribution in [0.1, 0.15) is 55.6 Å². The molecule has 1 aliphatic heterocycles. The zero-order chi connectivity index (χ0) is 13.8.